The van der Waals surface area contributed by atoms with E-state index in [4.69, 9.17) is 5.73 Å². The molecule has 2 rings (SSSR count). The van der Waals surface area contributed by atoms with Crippen molar-refractivity contribution in [2.75, 3.05) is 5.73 Å². The molecule has 6 heteroatoms. The summed E-state index contributed by atoms with van der Waals surface area (Å²) in [5.41, 5.74) is 8.33. The van der Waals surface area contributed by atoms with Crippen molar-refractivity contribution in [1.82, 2.24) is 15.3 Å². The molecule has 5 nitrogen and oxygen atoms in total. The Kier molecular flexibility index (Phi) is 3.57. The molecule has 0 aliphatic heterocycles. The van der Waals surface area contributed by atoms with Crippen molar-refractivity contribution in [3.8, 4) is 0 Å². The van der Waals surface area contributed by atoms with Crippen molar-refractivity contribution in [3.05, 3.63) is 40.2 Å². The summed E-state index contributed by atoms with van der Waals surface area (Å²) in [4.78, 5) is 20.6. The zero-order valence-electron chi connectivity index (χ0n) is 10.2. The van der Waals surface area contributed by atoms with Crippen molar-refractivity contribution >= 4 is 22.4 Å². The van der Waals surface area contributed by atoms with Gasteiger partial charge in [-0.25, -0.2) is 4.98 Å². The normalized spacial score (nSPS) is 10.3. The third-order valence-electron chi connectivity index (χ3n) is 2.61. The van der Waals surface area contributed by atoms with E-state index in [1.165, 1.54) is 11.3 Å². The third kappa shape index (κ3) is 2.65. The lowest BCUT2D eigenvalue weighted by Crippen LogP contribution is -2.23. The molecule has 2 aromatic rings. The molecular formula is C12H14N4OS. The van der Waals surface area contributed by atoms with Gasteiger partial charge >= 0.3 is 0 Å². The highest BCUT2D eigenvalue weighted by atomic mass is 32.1. The Morgan fingerprint density at radius 3 is 2.89 bits per heavy atom. The van der Waals surface area contributed by atoms with E-state index in [-0.39, 0.29) is 5.91 Å². The Morgan fingerprint density at radius 2 is 2.28 bits per heavy atom. The fraction of sp³-hybridized carbons (Fsp3) is 0.250. The van der Waals surface area contributed by atoms with Crippen LogP contribution >= 0.6 is 11.3 Å². The monoisotopic (exact) mass is 262 g/mol. The van der Waals surface area contributed by atoms with E-state index in [1.54, 1.807) is 19.3 Å². The summed E-state index contributed by atoms with van der Waals surface area (Å²) in [6.07, 6.45) is 3.48. The number of nitrogens with one attached hydrogen (secondary N) is 1. The molecular weight excluding hydrogens is 248 g/mol. The number of carbonyl (C=O) groups is 1. The van der Waals surface area contributed by atoms with E-state index in [1.807, 2.05) is 13.0 Å². The minimum Gasteiger partial charge on any atom is -0.375 e. The van der Waals surface area contributed by atoms with Gasteiger partial charge in [-0.05, 0) is 31.0 Å². The molecule has 0 aliphatic carbocycles. The maximum Gasteiger partial charge on any atom is 0.263 e. The number of nitrogen functional groups attached to an aromatic ring is 1. The first-order chi connectivity index (χ1) is 8.58. The summed E-state index contributed by atoms with van der Waals surface area (Å²) in [5.74, 6) is -0.148. The third-order valence-corrected chi connectivity index (χ3v) is 3.59. The van der Waals surface area contributed by atoms with E-state index in [9.17, 15) is 4.79 Å². The molecule has 0 bridgehead atoms. The van der Waals surface area contributed by atoms with Gasteiger partial charge in [0.25, 0.3) is 5.91 Å². The Hall–Kier alpha value is -1.95. The molecule has 3 N–H and O–H groups in total. The average Bonchev–Trinajstić information content (AvgIpc) is 2.67. The lowest BCUT2D eigenvalue weighted by molar-refractivity contribution is 0.0954. The molecule has 0 fully saturated rings. The highest BCUT2D eigenvalue weighted by Crippen LogP contribution is 2.19. The van der Waals surface area contributed by atoms with Crippen LogP contribution in [-0.2, 0) is 6.54 Å². The highest BCUT2D eigenvalue weighted by molar-refractivity contribution is 7.17. The van der Waals surface area contributed by atoms with Crippen LogP contribution in [0.3, 0.4) is 0 Å². The second-order valence-electron chi connectivity index (χ2n) is 3.95. The van der Waals surface area contributed by atoms with E-state index >= 15 is 0 Å². The lowest BCUT2D eigenvalue weighted by Gasteiger charge is -2.06. The van der Waals surface area contributed by atoms with Crippen LogP contribution in [0, 0.1) is 13.8 Å². The zero-order valence-corrected chi connectivity index (χ0v) is 11.0. The molecule has 1 amide bonds. The lowest BCUT2D eigenvalue weighted by atomic mass is 10.1. The number of anilines is 1. The first-order valence-corrected chi connectivity index (χ1v) is 6.30. The number of thiazole rings is 1. The predicted octanol–water partition coefficient (Wildman–Crippen LogP) is 1.67. The molecule has 0 saturated heterocycles. The number of aromatic nitrogens is 2. The fourth-order valence-corrected chi connectivity index (χ4v) is 2.32. The van der Waals surface area contributed by atoms with Crippen LogP contribution in [0.4, 0.5) is 5.13 Å². The average molecular weight is 262 g/mol. The van der Waals surface area contributed by atoms with Crippen LogP contribution in [-0.4, -0.2) is 15.9 Å². The largest absolute Gasteiger partial charge is 0.375 e. The molecule has 94 valence electrons. The summed E-state index contributed by atoms with van der Waals surface area (Å²) < 4.78 is 0. The van der Waals surface area contributed by atoms with Crippen LogP contribution < -0.4 is 11.1 Å². The molecule has 2 aromatic heterocycles. The second kappa shape index (κ2) is 5.14. The topological polar surface area (TPSA) is 80.9 Å². The molecule has 0 aliphatic rings. The SMILES string of the molecule is Cc1ccncc1CNC(=O)c1sc(N)nc1C. The first-order valence-electron chi connectivity index (χ1n) is 5.48. The van der Waals surface area contributed by atoms with Gasteiger partial charge in [-0.2, -0.15) is 0 Å². The summed E-state index contributed by atoms with van der Waals surface area (Å²) in [7, 11) is 0. The van der Waals surface area contributed by atoms with Crippen LogP contribution in [0.1, 0.15) is 26.5 Å². The summed E-state index contributed by atoms with van der Waals surface area (Å²) in [6.45, 7) is 4.21. The Morgan fingerprint density at radius 1 is 1.50 bits per heavy atom. The summed E-state index contributed by atoms with van der Waals surface area (Å²) >= 11 is 1.20. The molecule has 2 heterocycles. The zero-order chi connectivity index (χ0) is 13.1. The van der Waals surface area contributed by atoms with Gasteiger partial charge in [0.05, 0.1) is 5.69 Å². The Balaban J connectivity index is 2.05. The number of nitrogens with two attached hydrogens (primary N) is 1. The van der Waals surface area contributed by atoms with E-state index in [0.717, 1.165) is 11.1 Å². The number of pyridine rings is 1. The van der Waals surface area contributed by atoms with Crippen LogP contribution in [0.25, 0.3) is 0 Å². The number of carbonyl (C=O) groups excluding carboxylic acids is 1. The number of rotatable bonds is 3. The maximum absolute atomic E-state index is 11.9. The Bertz CT molecular complexity index is 579. The van der Waals surface area contributed by atoms with E-state index < -0.39 is 0 Å². The van der Waals surface area contributed by atoms with Gasteiger partial charge in [-0.15, -0.1) is 0 Å². The molecule has 0 saturated carbocycles. The second-order valence-corrected chi connectivity index (χ2v) is 4.98. The maximum atomic E-state index is 11.9. The van der Waals surface area contributed by atoms with Gasteiger partial charge in [-0.1, -0.05) is 11.3 Å². The molecule has 18 heavy (non-hydrogen) atoms. The van der Waals surface area contributed by atoms with Gasteiger partial charge in [0.15, 0.2) is 5.13 Å². The molecule has 0 atom stereocenters. The highest BCUT2D eigenvalue weighted by Gasteiger charge is 2.13. The van der Waals surface area contributed by atoms with Gasteiger partial charge in [0.2, 0.25) is 0 Å². The van der Waals surface area contributed by atoms with Crippen molar-refractivity contribution in [2.24, 2.45) is 0 Å². The summed E-state index contributed by atoms with van der Waals surface area (Å²) in [6, 6.07) is 1.91. The standard InChI is InChI=1S/C12H14N4OS/c1-7-3-4-14-5-9(7)6-15-11(17)10-8(2)16-12(13)18-10/h3-5H,6H2,1-2H3,(H2,13,16)(H,15,17). The van der Waals surface area contributed by atoms with Gasteiger partial charge in [0, 0.05) is 18.9 Å². The van der Waals surface area contributed by atoms with Crippen molar-refractivity contribution in [3.63, 3.8) is 0 Å². The van der Waals surface area contributed by atoms with Crippen molar-refractivity contribution in [1.29, 1.82) is 0 Å². The van der Waals surface area contributed by atoms with Crippen LogP contribution in [0.2, 0.25) is 0 Å². The number of hydrogen-bond donors (Lipinski definition) is 2. The van der Waals surface area contributed by atoms with E-state index in [0.29, 0.717) is 22.2 Å². The number of nitrogens with zero attached hydrogens (tertiary/aromatic N) is 2. The number of amides is 1. The first kappa shape index (κ1) is 12.5. The summed E-state index contributed by atoms with van der Waals surface area (Å²) in [5, 5.41) is 3.26. The van der Waals surface area contributed by atoms with Gasteiger partial charge in [-0.3, -0.25) is 9.78 Å². The van der Waals surface area contributed by atoms with Gasteiger partial charge in [0.1, 0.15) is 4.88 Å². The number of aryl methyl sites for hydroxylation is 2. The Labute approximate surface area is 109 Å². The minimum atomic E-state index is -0.148. The quantitative estimate of drug-likeness (QED) is 0.881. The fourth-order valence-electron chi connectivity index (χ4n) is 1.57. The smallest absolute Gasteiger partial charge is 0.263 e. The number of hydrogen-bond acceptors (Lipinski definition) is 5. The molecule has 0 aromatic carbocycles. The van der Waals surface area contributed by atoms with Gasteiger partial charge < -0.3 is 11.1 Å². The van der Waals surface area contributed by atoms with Crippen LogP contribution in [0.15, 0.2) is 18.5 Å². The minimum absolute atomic E-state index is 0.148. The van der Waals surface area contributed by atoms with Crippen molar-refractivity contribution in [2.45, 2.75) is 20.4 Å². The van der Waals surface area contributed by atoms with Crippen molar-refractivity contribution < 1.29 is 4.79 Å². The molecule has 0 spiro atoms. The van der Waals surface area contributed by atoms with Crippen LogP contribution in [0.5, 0.6) is 0 Å². The molecule has 0 unspecified atom stereocenters. The predicted molar refractivity (Wildman–Crippen MR) is 71.4 cm³/mol. The molecule has 0 radical (unpaired) electrons. The van der Waals surface area contributed by atoms with E-state index in [2.05, 4.69) is 15.3 Å².